The first-order valence-corrected chi connectivity index (χ1v) is 14.3. The highest BCUT2D eigenvalue weighted by Crippen LogP contribution is 2.36. The number of para-hydroxylation sites is 1. The molecular weight excluding hydrogens is 522 g/mol. The molecule has 2 N–H and O–H groups in total. The molecule has 3 aromatic carbocycles. The number of carbonyl (C=O) groups is 3. The molecule has 0 fully saturated rings. The van der Waals surface area contributed by atoms with Gasteiger partial charge in [0.2, 0.25) is 11.8 Å². The summed E-state index contributed by atoms with van der Waals surface area (Å²) in [5, 5.41) is 5.85. The average Bonchev–Trinajstić information content (AvgIpc) is 3.30. The smallest absolute Gasteiger partial charge is 0.259 e. The van der Waals surface area contributed by atoms with Gasteiger partial charge in [-0.05, 0) is 55.2 Å². The predicted molar refractivity (Wildman–Crippen MR) is 160 cm³/mol. The summed E-state index contributed by atoms with van der Waals surface area (Å²) in [4.78, 5) is 50.4. The largest absolute Gasteiger partial charge is 0.352 e. The topological polar surface area (TPSA) is 103 Å². The Morgan fingerprint density at radius 3 is 2.58 bits per heavy atom. The van der Waals surface area contributed by atoms with Crippen molar-refractivity contribution < 1.29 is 14.4 Å². The van der Waals surface area contributed by atoms with E-state index in [1.807, 2.05) is 92.7 Å². The summed E-state index contributed by atoms with van der Waals surface area (Å²) >= 11 is 1.26. The predicted octanol–water partition coefficient (Wildman–Crippen LogP) is 5.20. The van der Waals surface area contributed by atoms with Crippen molar-refractivity contribution in [1.29, 1.82) is 0 Å². The number of amides is 3. The highest BCUT2D eigenvalue weighted by atomic mass is 32.2. The van der Waals surface area contributed by atoms with Crippen LogP contribution >= 0.6 is 11.8 Å². The first kappa shape index (κ1) is 27.3. The second-order valence-corrected chi connectivity index (χ2v) is 10.9. The number of rotatable bonds is 9. The molecule has 0 saturated carbocycles. The van der Waals surface area contributed by atoms with Gasteiger partial charge in [0.15, 0.2) is 5.17 Å². The first-order chi connectivity index (χ1) is 19.4. The van der Waals surface area contributed by atoms with Crippen molar-refractivity contribution in [3.05, 3.63) is 95.6 Å². The Morgan fingerprint density at radius 1 is 1.02 bits per heavy atom. The van der Waals surface area contributed by atoms with Gasteiger partial charge in [-0.15, -0.1) is 0 Å². The van der Waals surface area contributed by atoms with E-state index in [1.165, 1.54) is 16.7 Å². The molecule has 0 aliphatic carbocycles. The van der Waals surface area contributed by atoms with Crippen molar-refractivity contribution in [2.24, 2.45) is 9.98 Å². The summed E-state index contributed by atoms with van der Waals surface area (Å²) < 4.78 is 0. The third kappa shape index (κ3) is 6.15. The molecule has 40 heavy (non-hydrogen) atoms. The molecule has 0 aromatic heterocycles. The number of thioether (sulfide) groups is 1. The van der Waals surface area contributed by atoms with E-state index in [9.17, 15) is 14.4 Å². The number of aryl methyl sites for hydroxylation is 1. The number of fused-ring (bicyclic) bond motifs is 3. The zero-order valence-corrected chi connectivity index (χ0v) is 23.3. The van der Waals surface area contributed by atoms with E-state index in [4.69, 9.17) is 9.98 Å². The van der Waals surface area contributed by atoms with Crippen LogP contribution in [0.3, 0.4) is 0 Å². The SMILES string of the molecule is CCC(SC1=Nc2ccccc2C2=NC(CCC(=O)NCc3ccccc3)C(=O)N12)C(=O)Nc1cccc(C)c1. The number of carbonyl (C=O) groups excluding carboxylic acids is 3. The highest BCUT2D eigenvalue weighted by molar-refractivity contribution is 8.15. The number of benzene rings is 3. The molecular formula is C31H31N5O3S. The van der Waals surface area contributed by atoms with Crippen LogP contribution in [-0.4, -0.2) is 44.9 Å². The Hall–Kier alpha value is -4.24. The summed E-state index contributed by atoms with van der Waals surface area (Å²) in [6.07, 6.45) is 0.999. The van der Waals surface area contributed by atoms with Crippen LogP contribution < -0.4 is 10.6 Å². The van der Waals surface area contributed by atoms with Crippen molar-refractivity contribution in [3.63, 3.8) is 0 Å². The minimum Gasteiger partial charge on any atom is -0.352 e. The van der Waals surface area contributed by atoms with Gasteiger partial charge in [-0.2, -0.15) is 0 Å². The lowest BCUT2D eigenvalue weighted by Crippen LogP contribution is -2.42. The molecule has 2 atom stereocenters. The lowest BCUT2D eigenvalue weighted by atomic mass is 10.1. The molecule has 0 spiro atoms. The van der Waals surface area contributed by atoms with E-state index >= 15 is 0 Å². The van der Waals surface area contributed by atoms with Crippen molar-refractivity contribution in [1.82, 2.24) is 10.2 Å². The fraction of sp³-hybridized carbons (Fsp3) is 0.258. The number of nitrogens with zero attached hydrogens (tertiary/aromatic N) is 3. The maximum absolute atomic E-state index is 13.6. The number of amidine groups is 2. The molecule has 0 radical (unpaired) electrons. The molecule has 204 valence electrons. The van der Waals surface area contributed by atoms with Crippen LogP contribution in [-0.2, 0) is 20.9 Å². The van der Waals surface area contributed by atoms with E-state index in [0.717, 1.165) is 22.4 Å². The van der Waals surface area contributed by atoms with Crippen molar-refractivity contribution >= 4 is 51.9 Å². The van der Waals surface area contributed by atoms with Crippen LogP contribution in [0.1, 0.15) is 42.9 Å². The first-order valence-electron chi connectivity index (χ1n) is 13.4. The third-order valence-corrected chi connectivity index (χ3v) is 8.04. The molecule has 0 bridgehead atoms. The maximum Gasteiger partial charge on any atom is 0.259 e. The second-order valence-electron chi connectivity index (χ2n) is 9.73. The van der Waals surface area contributed by atoms with E-state index in [-0.39, 0.29) is 30.6 Å². The summed E-state index contributed by atoms with van der Waals surface area (Å²) in [5.74, 6) is -0.0111. The monoisotopic (exact) mass is 553 g/mol. The number of aliphatic imine (C=N–C) groups is 2. The molecule has 9 heteroatoms. The molecule has 5 rings (SSSR count). The van der Waals surface area contributed by atoms with Crippen molar-refractivity contribution in [2.75, 3.05) is 5.32 Å². The summed E-state index contributed by atoms with van der Waals surface area (Å²) in [7, 11) is 0. The molecule has 8 nitrogen and oxygen atoms in total. The normalized spacial score (nSPS) is 16.4. The van der Waals surface area contributed by atoms with E-state index in [0.29, 0.717) is 29.7 Å². The molecule has 2 heterocycles. The van der Waals surface area contributed by atoms with Gasteiger partial charge in [0.05, 0.1) is 10.9 Å². The lowest BCUT2D eigenvalue weighted by molar-refractivity contribution is -0.125. The fourth-order valence-corrected chi connectivity index (χ4v) is 5.64. The molecule has 0 saturated heterocycles. The van der Waals surface area contributed by atoms with Crippen molar-refractivity contribution in [3.8, 4) is 0 Å². The van der Waals surface area contributed by atoms with Crippen LogP contribution in [0.15, 0.2) is 88.8 Å². The molecule has 2 aliphatic rings. The lowest BCUT2D eigenvalue weighted by Gasteiger charge is -2.27. The van der Waals surface area contributed by atoms with Gasteiger partial charge in [-0.25, -0.2) is 9.89 Å². The van der Waals surface area contributed by atoms with Gasteiger partial charge >= 0.3 is 0 Å². The highest BCUT2D eigenvalue weighted by Gasteiger charge is 2.42. The number of nitrogens with one attached hydrogen (secondary N) is 2. The number of hydrogen-bond donors (Lipinski definition) is 2. The van der Waals surface area contributed by atoms with E-state index in [2.05, 4.69) is 10.6 Å². The van der Waals surface area contributed by atoms with Gasteiger partial charge in [0.1, 0.15) is 11.9 Å². The van der Waals surface area contributed by atoms with Crippen LogP contribution in [0.4, 0.5) is 11.4 Å². The number of anilines is 1. The molecule has 2 unspecified atom stereocenters. The Balaban J connectivity index is 1.29. The zero-order valence-electron chi connectivity index (χ0n) is 22.5. The zero-order chi connectivity index (χ0) is 28.1. The van der Waals surface area contributed by atoms with Crippen LogP contribution in [0, 0.1) is 6.92 Å². The van der Waals surface area contributed by atoms with Gasteiger partial charge in [0.25, 0.3) is 5.91 Å². The minimum absolute atomic E-state index is 0.135. The van der Waals surface area contributed by atoms with E-state index in [1.54, 1.807) is 0 Å². The third-order valence-electron chi connectivity index (χ3n) is 6.72. The Morgan fingerprint density at radius 2 is 1.80 bits per heavy atom. The number of hydrogen-bond acceptors (Lipinski definition) is 6. The Labute approximate surface area is 238 Å². The van der Waals surface area contributed by atoms with E-state index < -0.39 is 11.3 Å². The van der Waals surface area contributed by atoms with Gasteiger partial charge in [-0.3, -0.25) is 19.4 Å². The molecule has 2 aliphatic heterocycles. The Bertz CT molecular complexity index is 1490. The standard InChI is InChI=1S/C31H31N5O3S/c1-3-26(29(38)33-22-13-9-10-20(2)18-22)40-31-35-24-15-8-7-14-23(24)28-34-25(30(39)36(28)31)16-17-27(37)32-19-21-11-5-4-6-12-21/h4-15,18,25-26H,3,16-17,19H2,1-2H3,(H,32,37)(H,33,38). The second kappa shape index (κ2) is 12.3. The Kier molecular flexibility index (Phi) is 8.40. The molecule has 3 aromatic rings. The quantitative estimate of drug-likeness (QED) is 0.380. The molecule has 3 amide bonds. The van der Waals surface area contributed by atoms with Crippen LogP contribution in [0.5, 0.6) is 0 Å². The average molecular weight is 554 g/mol. The fourth-order valence-electron chi connectivity index (χ4n) is 4.62. The van der Waals surface area contributed by atoms with Gasteiger partial charge in [-0.1, -0.05) is 73.3 Å². The summed E-state index contributed by atoms with van der Waals surface area (Å²) in [6.45, 7) is 4.34. The maximum atomic E-state index is 13.6. The van der Waals surface area contributed by atoms with Crippen molar-refractivity contribution in [2.45, 2.75) is 50.9 Å². The van der Waals surface area contributed by atoms with Gasteiger partial charge < -0.3 is 10.6 Å². The van der Waals surface area contributed by atoms with Crippen LogP contribution in [0.2, 0.25) is 0 Å². The summed E-state index contributed by atoms with van der Waals surface area (Å²) in [5.41, 5.74) is 4.24. The minimum atomic E-state index is -0.698. The van der Waals surface area contributed by atoms with Crippen LogP contribution in [0.25, 0.3) is 0 Å². The summed E-state index contributed by atoms with van der Waals surface area (Å²) in [6, 6.07) is 24.1. The van der Waals surface area contributed by atoms with Gasteiger partial charge in [0, 0.05) is 24.2 Å².